The highest BCUT2D eigenvalue weighted by Gasteiger charge is 2.27. The van der Waals surface area contributed by atoms with E-state index in [-0.39, 0.29) is 10.9 Å². The second kappa shape index (κ2) is 6.17. The van der Waals surface area contributed by atoms with Gasteiger partial charge in [-0.15, -0.1) is 0 Å². The summed E-state index contributed by atoms with van der Waals surface area (Å²) in [7, 11) is 0. The van der Waals surface area contributed by atoms with Gasteiger partial charge in [-0.25, -0.2) is 4.39 Å². The standard InChI is InChI=1S/C23H17FN2O3/c1-3-25-23(28)16-11-26-18-8-13-6-4-5-7-14(13)9-19(18)29-22-12(2)17(24)10-15(20(22)26)21(16)27/h4-11H,3H2,1-2H3,(H,25,28). The molecule has 0 atom stereocenters. The van der Waals surface area contributed by atoms with E-state index in [9.17, 15) is 14.0 Å². The van der Waals surface area contributed by atoms with Crippen LogP contribution in [-0.4, -0.2) is 17.0 Å². The van der Waals surface area contributed by atoms with Crippen molar-refractivity contribution in [3.63, 3.8) is 0 Å². The summed E-state index contributed by atoms with van der Waals surface area (Å²) in [6.45, 7) is 3.77. The lowest BCUT2D eigenvalue weighted by atomic mass is 10.0. The molecular weight excluding hydrogens is 371 g/mol. The number of hydrogen-bond donors (Lipinski definition) is 1. The molecule has 0 radical (unpaired) electrons. The lowest BCUT2D eigenvalue weighted by Gasteiger charge is -2.25. The van der Waals surface area contributed by atoms with Crippen molar-refractivity contribution in [1.82, 2.24) is 9.88 Å². The van der Waals surface area contributed by atoms with E-state index in [1.807, 2.05) is 36.4 Å². The van der Waals surface area contributed by atoms with Gasteiger partial charge in [-0.2, -0.15) is 0 Å². The van der Waals surface area contributed by atoms with Gasteiger partial charge in [-0.05, 0) is 42.8 Å². The predicted molar refractivity (Wildman–Crippen MR) is 110 cm³/mol. The number of halogens is 1. The van der Waals surface area contributed by atoms with Crippen LogP contribution >= 0.6 is 0 Å². The van der Waals surface area contributed by atoms with E-state index in [0.29, 0.717) is 34.8 Å². The van der Waals surface area contributed by atoms with E-state index in [1.54, 1.807) is 18.4 Å². The van der Waals surface area contributed by atoms with E-state index in [2.05, 4.69) is 5.32 Å². The van der Waals surface area contributed by atoms with Crippen LogP contribution in [0.5, 0.6) is 11.5 Å². The molecular formula is C23H17FN2O3. The van der Waals surface area contributed by atoms with E-state index < -0.39 is 17.2 Å². The Morgan fingerprint density at radius 3 is 2.62 bits per heavy atom. The summed E-state index contributed by atoms with van der Waals surface area (Å²) in [5.41, 5.74) is 0.919. The van der Waals surface area contributed by atoms with Crippen LogP contribution < -0.4 is 15.5 Å². The van der Waals surface area contributed by atoms with Crippen molar-refractivity contribution in [2.24, 2.45) is 0 Å². The summed E-state index contributed by atoms with van der Waals surface area (Å²) in [6.07, 6.45) is 1.52. The Balaban J connectivity index is 1.94. The zero-order chi connectivity index (χ0) is 20.3. The number of ether oxygens (including phenoxy) is 1. The zero-order valence-electron chi connectivity index (χ0n) is 15.9. The number of pyridine rings is 1. The fourth-order valence-corrected chi connectivity index (χ4v) is 3.84. The van der Waals surface area contributed by atoms with Gasteiger partial charge < -0.3 is 14.6 Å². The Hall–Kier alpha value is -3.67. The molecule has 1 aliphatic heterocycles. The van der Waals surface area contributed by atoms with E-state index in [4.69, 9.17) is 4.74 Å². The first kappa shape index (κ1) is 17.4. The highest BCUT2D eigenvalue weighted by molar-refractivity contribution is 6.00. The first-order valence-electron chi connectivity index (χ1n) is 9.37. The molecule has 144 valence electrons. The van der Waals surface area contributed by atoms with Gasteiger partial charge in [0.05, 0.1) is 11.1 Å². The highest BCUT2D eigenvalue weighted by Crippen LogP contribution is 2.43. The van der Waals surface area contributed by atoms with Crippen LogP contribution in [0.1, 0.15) is 22.8 Å². The van der Waals surface area contributed by atoms with Crippen LogP contribution in [0.2, 0.25) is 0 Å². The molecule has 3 aromatic carbocycles. The summed E-state index contributed by atoms with van der Waals surface area (Å²) in [4.78, 5) is 25.5. The number of aromatic nitrogens is 1. The minimum atomic E-state index is -0.548. The van der Waals surface area contributed by atoms with Gasteiger partial charge in [0.1, 0.15) is 16.9 Å². The molecule has 5 nitrogen and oxygen atoms in total. The maximum Gasteiger partial charge on any atom is 0.256 e. The fraction of sp³-hybridized carbons (Fsp3) is 0.130. The van der Waals surface area contributed by atoms with Crippen molar-refractivity contribution >= 4 is 27.6 Å². The molecule has 0 unspecified atom stereocenters. The lowest BCUT2D eigenvalue weighted by Crippen LogP contribution is -2.30. The van der Waals surface area contributed by atoms with Gasteiger partial charge in [0.25, 0.3) is 5.91 Å². The largest absolute Gasteiger partial charge is 0.453 e. The third kappa shape index (κ3) is 2.45. The molecule has 5 rings (SSSR count). The molecule has 0 spiro atoms. The van der Waals surface area contributed by atoms with Crippen LogP contribution in [0.15, 0.2) is 53.5 Å². The topological polar surface area (TPSA) is 60.3 Å². The molecule has 1 N–H and O–H groups in total. The van der Waals surface area contributed by atoms with E-state index in [1.165, 1.54) is 12.3 Å². The smallest absolute Gasteiger partial charge is 0.256 e. The van der Waals surface area contributed by atoms with Gasteiger partial charge in [0, 0.05) is 18.3 Å². The summed E-state index contributed by atoms with van der Waals surface area (Å²) in [5.74, 6) is -0.202. The van der Waals surface area contributed by atoms with Crippen LogP contribution in [0.4, 0.5) is 4.39 Å². The molecule has 0 saturated heterocycles. The first-order chi connectivity index (χ1) is 14.0. The molecule has 1 amide bonds. The Labute approximate surface area is 165 Å². The van der Waals surface area contributed by atoms with Gasteiger partial charge in [-0.1, -0.05) is 24.3 Å². The minimum Gasteiger partial charge on any atom is -0.453 e. The highest BCUT2D eigenvalue weighted by atomic mass is 19.1. The van der Waals surface area contributed by atoms with Crippen molar-refractivity contribution in [3.05, 3.63) is 75.8 Å². The van der Waals surface area contributed by atoms with Gasteiger partial charge in [0.15, 0.2) is 11.5 Å². The third-order valence-electron chi connectivity index (χ3n) is 5.31. The number of fused-ring (bicyclic) bond motifs is 3. The molecule has 2 heterocycles. The summed E-state index contributed by atoms with van der Waals surface area (Å²) < 4.78 is 22.4. The van der Waals surface area contributed by atoms with Gasteiger partial charge in [0.2, 0.25) is 5.43 Å². The Bertz CT molecular complexity index is 1410. The summed E-state index contributed by atoms with van der Waals surface area (Å²) in [6, 6.07) is 12.8. The Morgan fingerprint density at radius 1 is 1.17 bits per heavy atom. The van der Waals surface area contributed by atoms with Crippen molar-refractivity contribution in [2.75, 3.05) is 6.54 Å². The molecule has 29 heavy (non-hydrogen) atoms. The van der Waals surface area contributed by atoms with Gasteiger partial charge >= 0.3 is 0 Å². The second-order valence-electron chi connectivity index (χ2n) is 7.08. The average molecular weight is 388 g/mol. The van der Waals surface area contributed by atoms with Crippen LogP contribution in [0.3, 0.4) is 0 Å². The average Bonchev–Trinajstić information content (AvgIpc) is 2.72. The minimum absolute atomic E-state index is 0.0328. The Kier molecular flexibility index (Phi) is 3.71. The number of carbonyl (C=O) groups is 1. The fourth-order valence-electron chi connectivity index (χ4n) is 3.84. The maximum atomic E-state index is 14.6. The zero-order valence-corrected chi connectivity index (χ0v) is 15.9. The molecule has 0 saturated carbocycles. The molecule has 6 heteroatoms. The van der Waals surface area contributed by atoms with Crippen LogP contribution in [-0.2, 0) is 0 Å². The summed E-state index contributed by atoms with van der Waals surface area (Å²) in [5, 5.41) is 4.74. The molecule has 1 aliphatic rings. The maximum absolute atomic E-state index is 14.6. The normalized spacial score (nSPS) is 12.0. The molecule has 4 aromatic rings. The number of hydrogen-bond acceptors (Lipinski definition) is 3. The molecule has 1 aromatic heterocycles. The molecule has 0 bridgehead atoms. The Morgan fingerprint density at radius 2 is 1.90 bits per heavy atom. The number of nitrogens with zero attached hydrogens (tertiary/aromatic N) is 1. The first-order valence-corrected chi connectivity index (χ1v) is 9.37. The van der Waals surface area contributed by atoms with Crippen LogP contribution in [0.25, 0.3) is 27.4 Å². The van der Waals surface area contributed by atoms with Crippen molar-refractivity contribution in [1.29, 1.82) is 0 Å². The number of carbonyl (C=O) groups excluding carboxylic acids is 1. The quantitative estimate of drug-likeness (QED) is 0.486. The third-order valence-corrected chi connectivity index (χ3v) is 5.31. The second-order valence-corrected chi connectivity index (χ2v) is 7.08. The van der Waals surface area contributed by atoms with Crippen molar-refractivity contribution < 1.29 is 13.9 Å². The molecule has 0 aliphatic carbocycles. The predicted octanol–water partition coefficient (Wildman–Crippen LogP) is 4.45. The number of amides is 1. The van der Waals surface area contributed by atoms with E-state index >= 15 is 0 Å². The van der Waals surface area contributed by atoms with Gasteiger partial charge in [-0.3, -0.25) is 9.59 Å². The van der Waals surface area contributed by atoms with Crippen molar-refractivity contribution in [3.8, 4) is 17.2 Å². The van der Waals surface area contributed by atoms with Crippen molar-refractivity contribution in [2.45, 2.75) is 13.8 Å². The monoisotopic (exact) mass is 388 g/mol. The van der Waals surface area contributed by atoms with Crippen LogP contribution in [0, 0.1) is 12.7 Å². The molecule has 0 fully saturated rings. The number of rotatable bonds is 2. The number of nitrogens with one attached hydrogen (secondary N) is 1. The lowest BCUT2D eigenvalue weighted by molar-refractivity contribution is 0.0954. The number of benzene rings is 3. The SMILES string of the molecule is CCNC(=O)c1cn2c3c(c(C)c(F)cc3c1=O)Oc1cc3ccccc3cc1-2. The van der Waals surface area contributed by atoms with E-state index in [0.717, 1.165) is 10.8 Å². The summed E-state index contributed by atoms with van der Waals surface area (Å²) >= 11 is 0.